The zero-order valence-electron chi connectivity index (χ0n) is 21.3. The lowest BCUT2D eigenvalue weighted by atomic mass is 9.77. The molecule has 1 saturated heterocycles. The molecule has 1 aliphatic heterocycles. The molecule has 0 spiro atoms. The summed E-state index contributed by atoms with van der Waals surface area (Å²) in [6.45, 7) is 11.1. The van der Waals surface area contributed by atoms with Crippen LogP contribution in [-0.2, 0) is 9.47 Å². The van der Waals surface area contributed by atoms with E-state index in [1.807, 2.05) is 12.1 Å². The highest BCUT2D eigenvalue weighted by Crippen LogP contribution is 2.40. The number of rotatable bonds is 12. The van der Waals surface area contributed by atoms with E-state index < -0.39 is 12.4 Å². The number of unbranched alkanes of at least 4 members (excludes halogenated alkanes) is 1. The summed E-state index contributed by atoms with van der Waals surface area (Å²) in [6.07, 6.45) is 8.65. The molecule has 1 aromatic heterocycles. The van der Waals surface area contributed by atoms with Gasteiger partial charge in [0, 0.05) is 11.0 Å². The van der Waals surface area contributed by atoms with E-state index >= 15 is 0 Å². The molecule has 4 atom stereocenters. The van der Waals surface area contributed by atoms with Crippen molar-refractivity contribution in [3.8, 4) is 22.9 Å². The van der Waals surface area contributed by atoms with Gasteiger partial charge in [-0.3, -0.25) is 0 Å². The van der Waals surface area contributed by atoms with Gasteiger partial charge in [-0.2, -0.15) is 0 Å². The summed E-state index contributed by atoms with van der Waals surface area (Å²) in [5.41, 5.74) is 0.934. The number of ether oxygens (including phenoxy) is 4. The molecule has 3 rings (SSSR count). The zero-order chi connectivity index (χ0) is 24.8. The number of epoxide rings is 1. The fourth-order valence-corrected chi connectivity index (χ4v) is 4.85. The van der Waals surface area contributed by atoms with Crippen LogP contribution in [0.25, 0.3) is 11.4 Å². The Kier molecular flexibility index (Phi) is 8.71. The van der Waals surface area contributed by atoms with Crippen LogP contribution in [0.15, 0.2) is 36.7 Å². The van der Waals surface area contributed by atoms with Gasteiger partial charge in [0.15, 0.2) is 11.6 Å². The summed E-state index contributed by atoms with van der Waals surface area (Å²) < 4.78 is 22.1. The van der Waals surface area contributed by atoms with Crippen molar-refractivity contribution < 1.29 is 23.7 Å². The Morgan fingerprint density at radius 1 is 1.06 bits per heavy atom. The van der Waals surface area contributed by atoms with E-state index in [4.69, 9.17) is 18.9 Å². The SMILES string of the molecule is CCCCC(C)(CC)C(C)([SiH3])Oc1cnc(-c2ccc(OC(=O)O[C@H]3O[C@@H]3CCC)cc2)nc1. The summed E-state index contributed by atoms with van der Waals surface area (Å²) in [7, 11) is 0.903. The van der Waals surface area contributed by atoms with Crippen LogP contribution in [0.3, 0.4) is 0 Å². The van der Waals surface area contributed by atoms with Crippen LogP contribution in [-0.4, -0.2) is 44.0 Å². The Balaban J connectivity index is 1.57. The molecule has 0 aliphatic carbocycles. The maximum Gasteiger partial charge on any atom is 0.516 e. The smallest absolute Gasteiger partial charge is 0.489 e. The minimum Gasteiger partial charge on any atom is -0.489 e. The van der Waals surface area contributed by atoms with Crippen LogP contribution >= 0.6 is 0 Å². The summed E-state index contributed by atoms with van der Waals surface area (Å²) in [6, 6.07) is 7.00. The van der Waals surface area contributed by atoms with Gasteiger partial charge in [-0.15, -0.1) is 0 Å². The molecule has 1 aromatic carbocycles. The highest BCUT2D eigenvalue weighted by Gasteiger charge is 2.42. The quantitative estimate of drug-likeness (QED) is 0.175. The molecule has 7 nitrogen and oxygen atoms in total. The predicted molar refractivity (Wildman–Crippen MR) is 135 cm³/mol. The molecule has 1 fully saturated rings. The number of hydrogen-bond acceptors (Lipinski definition) is 7. The van der Waals surface area contributed by atoms with Crippen molar-refractivity contribution >= 4 is 16.4 Å². The number of nitrogens with zero attached hydrogens (tertiary/aromatic N) is 2. The monoisotopic (exact) mass is 486 g/mol. The van der Waals surface area contributed by atoms with Gasteiger partial charge in [0.1, 0.15) is 11.9 Å². The van der Waals surface area contributed by atoms with Gasteiger partial charge in [-0.05, 0) is 50.5 Å². The van der Waals surface area contributed by atoms with Gasteiger partial charge in [0.2, 0.25) is 6.29 Å². The van der Waals surface area contributed by atoms with Crippen LogP contribution in [0, 0.1) is 5.41 Å². The number of benzene rings is 1. The molecule has 0 radical (unpaired) electrons. The molecule has 186 valence electrons. The third-order valence-corrected chi connectivity index (χ3v) is 8.36. The van der Waals surface area contributed by atoms with E-state index in [2.05, 4.69) is 44.6 Å². The largest absolute Gasteiger partial charge is 0.516 e. The highest BCUT2D eigenvalue weighted by atomic mass is 28.1. The molecule has 0 N–H and O–H groups in total. The van der Waals surface area contributed by atoms with E-state index in [0.717, 1.165) is 41.5 Å². The molecule has 2 unspecified atom stereocenters. The van der Waals surface area contributed by atoms with E-state index in [0.29, 0.717) is 17.3 Å². The Labute approximate surface area is 206 Å². The Morgan fingerprint density at radius 3 is 2.32 bits per heavy atom. The number of aromatic nitrogens is 2. The standard InChI is InChI=1S/C26H38N2O5Si/c1-6-9-15-25(4,8-3)26(5,34)33-20-16-27-22(28-17-20)18-11-13-19(14-12-18)30-24(29)32-23-21(31-23)10-7-2/h11-14,16-17,21,23H,6-10,15H2,1-5,34H3/t21-,23-,25?,26?/m1/s1. The topological polar surface area (TPSA) is 83.1 Å². The Hall–Kier alpha value is -2.45. The van der Waals surface area contributed by atoms with Crippen molar-refractivity contribution in [2.75, 3.05) is 0 Å². The molecule has 0 bridgehead atoms. The van der Waals surface area contributed by atoms with Gasteiger partial charge in [-0.1, -0.05) is 47.0 Å². The lowest BCUT2D eigenvalue weighted by Gasteiger charge is -2.44. The second kappa shape index (κ2) is 11.3. The first-order chi connectivity index (χ1) is 16.2. The van der Waals surface area contributed by atoms with Crippen LogP contribution in [0.5, 0.6) is 11.5 Å². The predicted octanol–water partition coefficient (Wildman–Crippen LogP) is 5.25. The van der Waals surface area contributed by atoms with Crippen molar-refractivity contribution in [3.05, 3.63) is 36.7 Å². The fraction of sp³-hybridized carbons (Fsp3) is 0.577. The van der Waals surface area contributed by atoms with E-state index in [1.54, 1.807) is 24.5 Å². The zero-order valence-corrected chi connectivity index (χ0v) is 23.3. The molecule has 1 aliphatic rings. The second-order valence-corrected chi connectivity index (χ2v) is 11.6. The van der Waals surface area contributed by atoms with Crippen molar-refractivity contribution in [3.63, 3.8) is 0 Å². The van der Waals surface area contributed by atoms with Crippen molar-refractivity contribution in [2.45, 2.75) is 90.8 Å². The van der Waals surface area contributed by atoms with Gasteiger partial charge in [0.25, 0.3) is 0 Å². The van der Waals surface area contributed by atoms with Crippen molar-refractivity contribution in [2.24, 2.45) is 5.41 Å². The van der Waals surface area contributed by atoms with Crippen LogP contribution in [0.4, 0.5) is 4.79 Å². The second-order valence-electron chi connectivity index (χ2n) is 9.70. The third kappa shape index (κ3) is 6.57. The maximum absolute atomic E-state index is 11.9. The molecule has 8 heteroatoms. The molecule has 0 saturated carbocycles. The van der Waals surface area contributed by atoms with Crippen molar-refractivity contribution in [1.29, 1.82) is 0 Å². The van der Waals surface area contributed by atoms with Gasteiger partial charge < -0.3 is 18.9 Å². The molecular weight excluding hydrogens is 448 g/mol. The molecular formula is C26H38N2O5Si. The number of hydrogen-bond donors (Lipinski definition) is 0. The molecule has 0 amide bonds. The molecule has 2 aromatic rings. The number of carbonyl (C=O) groups excluding carboxylic acids is 1. The lowest BCUT2D eigenvalue weighted by Crippen LogP contribution is -2.49. The minimum atomic E-state index is -0.765. The number of carbonyl (C=O) groups is 1. The highest BCUT2D eigenvalue weighted by molar-refractivity contribution is 6.15. The average Bonchev–Trinajstić information content (AvgIpc) is 3.55. The Bertz CT molecular complexity index is 935. The van der Waals surface area contributed by atoms with Gasteiger partial charge >= 0.3 is 6.16 Å². The first kappa shape index (κ1) is 26.2. The van der Waals surface area contributed by atoms with E-state index in [-0.39, 0.29) is 16.7 Å². The van der Waals surface area contributed by atoms with E-state index in [9.17, 15) is 4.79 Å². The normalized spacial score (nSPS) is 20.7. The molecule has 34 heavy (non-hydrogen) atoms. The van der Waals surface area contributed by atoms with Gasteiger partial charge in [0.05, 0.1) is 27.9 Å². The van der Waals surface area contributed by atoms with Crippen LogP contribution in [0.2, 0.25) is 0 Å². The van der Waals surface area contributed by atoms with Crippen LogP contribution < -0.4 is 9.47 Å². The average molecular weight is 487 g/mol. The third-order valence-electron chi connectivity index (χ3n) is 6.95. The lowest BCUT2D eigenvalue weighted by molar-refractivity contribution is 0.0223. The van der Waals surface area contributed by atoms with Crippen molar-refractivity contribution in [1.82, 2.24) is 9.97 Å². The Morgan fingerprint density at radius 2 is 1.74 bits per heavy atom. The summed E-state index contributed by atoms with van der Waals surface area (Å²) in [5.74, 6) is 1.65. The summed E-state index contributed by atoms with van der Waals surface area (Å²) in [5, 5.41) is -0.211. The van der Waals surface area contributed by atoms with Crippen LogP contribution in [0.1, 0.15) is 73.1 Å². The summed E-state index contributed by atoms with van der Waals surface area (Å²) >= 11 is 0. The van der Waals surface area contributed by atoms with E-state index in [1.165, 1.54) is 12.8 Å². The first-order valence-corrected chi connectivity index (χ1v) is 13.4. The maximum atomic E-state index is 11.9. The minimum absolute atomic E-state index is 0.0102. The van der Waals surface area contributed by atoms with Gasteiger partial charge in [-0.25, -0.2) is 14.8 Å². The fourth-order valence-electron chi connectivity index (χ4n) is 4.01. The summed E-state index contributed by atoms with van der Waals surface area (Å²) in [4.78, 5) is 20.9. The first-order valence-electron chi connectivity index (χ1n) is 12.4. The molecule has 2 heterocycles.